The number of rotatable bonds is 8. The first kappa shape index (κ1) is 15.9. The molecule has 7 nitrogen and oxygen atoms in total. The van der Waals surface area contributed by atoms with Crippen LogP contribution in [0, 0.1) is 0 Å². The number of aryl methyl sites for hydroxylation is 2. The number of tetrazole rings is 1. The Morgan fingerprint density at radius 3 is 2.73 bits per heavy atom. The Balaban J connectivity index is 1.78. The van der Waals surface area contributed by atoms with Crippen molar-refractivity contribution in [1.82, 2.24) is 20.2 Å². The molecule has 0 bridgehead atoms. The minimum Gasteiger partial charge on any atom is -0.484 e. The first-order chi connectivity index (χ1) is 10.7. The average Bonchev–Trinajstić information content (AvgIpc) is 2.98. The van der Waals surface area contributed by atoms with Crippen LogP contribution in [0.15, 0.2) is 24.3 Å². The second kappa shape index (κ2) is 8.11. The number of nitrogens with zero attached hydrogens (tertiary/aromatic N) is 4. The quantitative estimate of drug-likeness (QED) is 0.807. The lowest BCUT2D eigenvalue weighted by molar-refractivity contribution is -0.118. The Hall–Kier alpha value is -2.44. The highest BCUT2D eigenvalue weighted by molar-refractivity contribution is 5.90. The Kier molecular flexibility index (Phi) is 5.88. The molecule has 2 rings (SSSR count). The summed E-state index contributed by atoms with van der Waals surface area (Å²) in [6.45, 7) is 4.78. The van der Waals surface area contributed by atoms with Crippen LogP contribution < -0.4 is 10.1 Å². The van der Waals surface area contributed by atoms with Gasteiger partial charge in [0.25, 0.3) is 11.9 Å². The van der Waals surface area contributed by atoms with Crippen molar-refractivity contribution in [2.45, 2.75) is 39.7 Å². The maximum absolute atomic E-state index is 11.8. The lowest BCUT2D eigenvalue weighted by Crippen LogP contribution is -2.21. The fraction of sp³-hybridized carbons (Fsp3) is 0.467. The van der Waals surface area contributed by atoms with E-state index < -0.39 is 0 Å². The van der Waals surface area contributed by atoms with Crippen molar-refractivity contribution in [3.63, 3.8) is 0 Å². The number of ether oxygens (including phenoxy) is 1. The molecule has 1 amide bonds. The fourth-order valence-electron chi connectivity index (χ4n) is 1.82. The van der Waals surface area contributed by atoms with Crippen molar-refractivity contribution < 1.29 is 9.53 Å². The summed E-state index contributed by atoms with van der Waals surface area (Å²) >= 11 is 0. The second-order valence-electron chi connectivity index (χ2n) is 4.90. The number of nitrogens with one attached hydrogen (secondary N) is 1. The van der Waals surface area contributed by atoms with Gasteiger partial charge < -0.3 is 4.74 Å². The molecule has 118 valence electrons. The Labute approximate surface area is 129 Å². The van der Waals surface area contributed by atoms with Gasteiger partial charge in [-0.1, -0.05) is 37.5 Å². The van der Waals surface area contributed by atoms with Crippen LogP contribution in [-0.2, 0) is 17.8 Å². The summed E-state index contributed by atoms with van der Waals surface area (Å²) in [5.41, 5.74) is 1.23. The van der Waals surface area contributed by atoms with E-state index in [1.54, 1.807) is 0 Å². The zero-order valence-corrected chi connectivity index (χ0v) is 13.0. The third-order valence-electron chi connectivity index (χ3n) is 3.12. The monoisotopic (exact) mass is 303 g/mol. The van der Waals surface area contributed by atoms with E-state index >= 15 is 0 Å². The molecule has 0 radical (unpaired) electrons. The van der Waals surface area contributed by atoms with Crippen LogP contribution in [0.2, 0.25) is 0 Å². The highest BCUT2D eigenvalue weighted by atomic mass is 16.5. The number of amides is 1. The summed E-state index contributed by atoms with van der Waals surface area (Å²) < 4.78 is 5.42. The van der Waals surface area contributed by atoms with Gasteiger partial charge in [-0.15, -0.1) is 5.10 Å². The van der Waals surface area contributed by atoms with Crippen LogP contribution in [-0.4, -0.2) is 32.7 Å². The van der Waals surface area contributed by atoms with Crippen molar-refractivity contribution in [2.24, 2.45) is 0 Å². The Morgan fingerprint density at radius 1 is 1.27 bits per heavy atom. The molecule has 0 aliphatic carbocycles. The highest BCUT2D eigenvalue weighted by Crippen LogP contribution is 2.12. The average molecular weight is 303 g/mol. The van der Waals surface area contributed by atoms with E-state index in [2.05, 4.69) is 34.6 Å². The molecule has 0 fully saturated rings. The van der Waals surface area contributed by atoms with Crippen molar-refractivity contribution in [3.05, 3.63) is 29.8 Å². The van der Waals surface area contributed by atoms with Gasteiger partial charge in [0.15, 0.2) is 6.61 Å². The molecule has 22 heavy (non-hydrogen) atoms. The number of carbonyl (C=O) groups is 1. The molecular weight excluding hydrogens is 282 g/mol. The third-order valence-corrected chi connectivity index (χ3v) is 3.12. The summed E-state index contributed by atoms with van der Waals surface area (Å²) in [5.74, 6) is 0.549. The van der Waals surface area contributed by atoms with Gasteiger partial charge in [-0.2, -0.15) is 4.80 Å². The van der Waals surface area contributed by atoms with Crippen LogP contribution in [0.5, 0.6) is 5.75 Å². The Morgan fingerprint density at radius 2 is 2.05 bits per heavy atom. The third kappa shape index (κ3) is 4.83. The molecule has 0 saturated carbocycles. The highest BCUT2D eigenvalue weighted by Gasteiger charge is 2.08. The fourth-order valence-corrected chi connectivity index (χ4v) is 1.82. The SMILES string of the molecule is CCCCn1nnc(NC(=O)COc2ccc(CC)cc2)n1. The minimum absolute atomic E-state index is 0.0883. The summed E-state index contributed by atoms with van der Waals surface area (Å²) in [5, 5.41) is 14.3. The van der Waals surface area contributed by atoms with Gasteiger partial charge in [0.05, 0.1) is 6.54 Å². The molecule has 1 aromatic carbocycles. The predicted molar refractivity (Wildman–Crippen MR) is 82.7 cm³/mol. The van der Waals surface area contributed by atoms with Crippen LogP contribution in [0.1, 0.15) is 32.3 Å². The van der Waals surface area contributed by atoms with Gasteiger partial charge in [-0.25, -0.2) is 0 Å². The maximum atomic E-state index is 11.8. The van der Waals surface area contributed by atoms with E-state index in [4.69, 9.17) is 4.74 Å². The number of hydrogen-bond donors (Lipinski definition) is 1. The minimum atomic E-state index is -0.311. The van der Waals surface area contributed by atoms with Crippen molar-refractivity contribution in [2.75, 3.05) is 11.9 Å². The number of hydrogen-bond acceptors (Lipinski definition) is 5. The maximum Gasteiger partial charge on any atom is 0.270 e. The molecule has 1 aromatic heterocycles. The van der Waals surface area contributed by atoms with Crippen molar-refractivity contribution in [3.8, 4) is 5.75 Å². The molecule has 0 atom stereocenters. The lowest BCUT2D eigenvalue weighted by atomic mass is 10.2. The number of aromatic nitrogens is 4. The summed E-state index contributed by atoms with van der Waals surface area (Å²) in [6.07, 6.45) is 2.99. The molecule has 0 spiro atoms. The van der Waals surface area contributed by atoms with E-state index in [1.165, 1.54) is 10.4 Å². The van der Waals surface area contributed by atoms with Gasteiger partial charge in [0.1, 0.15) is 5.75 Å². The summed E-state index contributed by atoms with van der Waals surface area (Å²) in [7, 11) is 0. The van der Waals surface area contributed by atoms with Gasteiger partial charge in [0.2, 0.25) is 0 Å². The molecule has 1 N–H and O–H groups in total. The van der Waals surface area contributed by atoms with E-state index in [9.17, 15) is 4.79 Å². The topological polar surface area (TPSA) is 81.9 Å². The van der Waals surface area contributed by atoms with E-state index in [1.807, 2.05) is 24.3 Å². The summed E-state index contributed by atoms with van der Waals surface area (Å²) in [4.78, 5) is 13.3. The number of unbranched alkanes of at least 4 members (excludes halogenated alkanes) is 1. The van der Waals surface area contributed by atoms with Crippen molar-refractivity contribution >= 4 is 11.9 Å². The van der Waals surface area contributed by atoms with Gasteiger partial charge >= 0.3 is 0 Å². The van der Waals surface area contributed by atoms with Gasteiger partial charge in [0, 0.05) is 0 Å². The van der Waals surface area contributed by atoms with Crippen LogP contribution in [0.25, 0.3) is 0 Å². The smallest absolute Gasteiger partial charge is 0.270 e. The number of benzene rings is 1. The molecule has 1 heterocycles. The van der Waals surface area contributed by atoms with Gasteiger partial charge in [-0.05, 0) is 35.8 Å². The van der Waals surface area contributed by atoms with E-state index in [0.29, 0.717) is 12.3 Å². The van der Waals surface area contributed by atoms with Crippen LogP contribution >= 0.6 is 0 Å². The van der Waals surface area contributed by atoms with Crippen LogP contribution in [0.3, 0.4) is 0 Å². The van der Waals surface area contributed by atoms with E-state index in [-0.39, 0.29) is 18.5 Å². The standard InChI is InChI=1S/C15H21N5O2/c1-3-5-10-20-18-15(17-19-20)16-14(21)11-22-13-8-6-12(4-2)7-9-13/h6-9H,3-5,10-11H2,1-2H3,(H,16,18,21). The first-order valence-electron chi connectivity index (χ1n) is 7.50. The lowest BCUT2D eigenvalue weighted by Gasteiger charge is -2.06. The molecular formula is C15H21N5O2. The van der Waals surface area contributed by atoms with Crippen LogP contribution in [0.4, 0.5) is 5.95 Å². The number of carbonyl (C=O) groups excluding carboxylic acids is 1. The Bertz CT molecular complexity index is 594. The largest absolute Gasteiger partial charge is 0.484 e. The second-order valence-corrected chi connectivity index (χ2v) is 4.90. The predicted octanol–water partition coefficient (Wildman–Crippen LogP) is 2.05. The first-order valence-corrected chi connectivity index (χ1v) is 7.50. The summed E-state index contributed by atoms with van der Waals surface area (Å²) in [6, 6.07) is 7.67. The molecule has 0 aliphatic rings. The molecule has 0 unspecified atom stereocenters. The molecule has 7 heteroatoms. The van der Waals surface area contributed by atoms with Gasteiger partial charge in [-0.3, -0.25) is 10.1 Å². The zero-order valence-electron chi connectivity index (χ0n) is 13.0. The zero-order chi connectivity index (χ0) is 15.8. The molecule has 2 aromatic rings. The normalized spacial score (nSPS) is 10.5. The van der Waals surface area contributed by atoms with Crippen molar-refractivity contribution in [1.29, 1.82) is 0 Å². The number of anilines is 1. The molecule has 0 aliphatic heterocycles. The van der Waals surface area contributed by atoms with E-state index in [0.717, 1.165) is 19.3 Å². The molecule has 0 saturated heterocycles.